The number of carbonyl (C=O) groups is 2. The molecule has 0 aromatic heterocycles. The maximum Gasteiger partial charge on any atom is 0.330 e. The fourth-order valence-electron chi connectivity index (χ4n) is 1.28. The lowest BCUT2D eigenvalue weighted by molar-refractivity contribution is -0.757. The van der Waals surface area contributed by atoms with Crippen molar-refractivity contribution >= 4 is 11.9 Å². The smallest absolute Gasteiger partial charge is 0.330 e. The van der Waals surface area contributed by atoms with Gasteiger partial charge in [0.1, 0.15) is 6.61 Å². The highest BCUT2D eigenvalue weighted by atomic mass is 16.9. The van der Waals surface area contributed by atoms with Gasteiger partial charge in [-0.05, 0) is 12.1 Å². The van der Waals surface area contributed by atoms with E-state index in [1.165, 1.54) is 12.1 Å². The second-order valence-electron chi connectivity index (χ2n) is 3.43. The average Bonchev–Trinajstić information content (AvgIpc) is 2.43. The van der Waals surface area contributed by atoms with E-state index >= 15 is 0 Å². The SMILES string of the molecule is COC(=O)[C@H](CO[N+](=O)[O-])NC(=O)c1ccccc1. The normalized spacial score (nSPS) is 11.2. The van der Waals surface area contributed by atoms with Gasteiger partial charge in [-0.25, -0.2) is 4.79 Å². The van der Waals surface area contributed by atoms with Crippen LogP contribution in [0.4, 0.5) is 0 Å². The quantitative estimate of drug-likeness (QED) is 0.447. The van der Waals surface area contributed by atoms with E-state index in [4.69, 9.17) is 0 Å². The maximum absolute atomic E-state index is 11.8. The number of ether oxygens (including phenoxy) is 1. The van der Waals surface area contributed by atoms with Gasteiger partial charge in [-0.2, -0.15) is 0 Å². The Bertz CT molecular complexity index is 462. The second kappa shape index (κ2) is 6.94. The lowest BCUT2D eigenvalue weighted by Crippen LogP contribution is -2.45. The Hall–Kier alpha value is -2.64. The van der Waals surface area contributed by atoms with E-state index in [-0.39, 0.29) is 0 Å². The van der Waals surface area contributed by atoms with E-state index in [1.54, 1.807) is 18.2 Å². The molecule has 1 atom stereocenters. The van der Waals surface area contributed by atoms with Gasteiger partial charge in [0, 0.05) is 5.56 Å². The molecule has 0 bridgehead atoms. The van der Waals surface area contributed by atoms with Crippen molar-refractivity contribution in [3.8, 4) is 0 Å². The minimum atomic E-state index is -1.25. The molecule has 0 unspecified atom stereocenters. The molecule has 0 saturated heterocycles. The highest BCUT2D eigenvalue weighted by Crippen LogP contribution is 2.00. The molecule has 0 spiro atoms. The summed E-state index contributed by atoms with van der Waals surface area (Å²) < 4.78 is 4.43. The Morgan fingerprint density at radius 3 is 2.53 bits per heavy atom. The van der Waals surface area contributed by atoms with Crippen LogP contribution in [0, 0.1) is 10.1 Å². The van der Waals surface area contributed by atoms with Crippen LogP contribution < -0.4 is 5.32 Å². The fraction of sp³-hybridized carbons (Fsp3) is 0.273. The average molecular weight is 268 g/mol. The van der Waals surface area contributed by atoms with Crippen LogP contribution >= 0.6 is 0 Å². The second-order valence-corrected chi connectivity index (χ2v) is 3.43. The van der Waals surface area contributed by atoms with Crippen molar-refractivity contribution < 1.29 is 24.3 Å². The topological polar surface area (TPSA) is 108 Å². The van der Waals surface area contributed by atoms with Gasteiger partial charge in [-0.15, -0.1) is 10.1 Å². The monoisotopic (exact) mass is 268 g/mol. The number of nitrogens with one attached hydrogen (secondary N) is 1. The van der Waals surface area contributed by atoms with Gasteiger partial charge in [-0.1, -0.05) is 18.2 Å². The van der Waals surface area contributed by atoms with Crippen LogP contribution in [-0.2, 0) is 14.4 Å². The number of hydrogen-bond acceptors (Lipinski definition) is 6. The molecule has 1 rings (SSSR count). The molecule has 0 aliphatic rings. The van der Waals surface area contributed by atoms with Crippen molar-refractivity contribution in [3.05, 3.63) is 46.0 Å². The molecular formula is C11H12N2O6. The van der Waals surface area contributed by atoms with Gasteiger partial charge in [0.15, 0.2) is 6.04 Å². The third-order valence-corrected chi connectivity index (χ3v) is 2.17. The summed E-state index contributed by atoms with van der Waals surface area (Å²) in [5.41, 5.74) is 0.317. The molecule has 0 saturated carbocycles. The Morgan fingerprint density at radius 1 is 1.37 bits per heavy atom. The first-order valence-electron chi connectivity index (χ1n) is 5.25. The number of carbonyl (C=O) groups excluding carboxylic acids is 2. The standard InChI is InChI=1S/C11H12N2O6/c1-18-11(15)9(7-19-13(16)17)12-10(14)8-5-3-2-4-6-8/h2-6,9H,7H2,1H3,(H,12,14)/t9-/m0/s1. The van der Waals surface area contributed by atoms with Gasteiger partial charge in [0.25, 0.3) is 11.0 Å². The summed E-state index contributed by atoms with van der Waals surface area (Å²) >= 11 is 0. The lowest BCUT2D eigenvalue weighted by Gasteiger charge is -2.15. The maximum atomic E-state index is 11.8. The van der Waals surface area contributed by atoms with E-state index < -0.39 is 29.6 Å². The number of hydrogen-bond donors (Lipinski definition) is 1. The van der Waals surface area contributed by atoms with Crippen molar-refractivity contribution in [3.63, 3.8) is 0 Å². The molecule has 0 radical (unpaired) electrons. The van der Waals surface area contributed by atoms with Crippen LogP contribution in [-0.4, -0.2) is 36.7 Å². The fourth-order valence-corrected chi connectivity index (χ4v) is 1.28. The van der Waals surface area contributed by atoms with Crippen LogP contribution in [0.15, 0.2) is 30.3 Å². The highest BCUT2D eigenvalue weighted by molar-refractivity contribution is 5.96. The molecule has 102 valence electrons. The predicted octanol–water partition coefficient (Wildman–Crippen LogP) is 0.166. The summed E-state index contributed by atoms with van der Waals surface area (Å²) in [6.07, 6.45) is 0. The molecule has 0 aliphatic heterocycles. The van der Waals surface area contributed by atoms with E-state index in [9.17, 15) is 19.7 Å². The molecular weight excluding hydrogens is 256 g/mol. The number of esters is 1. The number of benzene rings is 1. The summed E-state index contributed by atoms with van der Waals surface area (Å²) in [5.74, 6) is -1.38. The van der Waals surface area contributed by atoms with Gasteiger partial charge < -0.3 is 14.9 Å². The van der Waals surface area contributed by atoms with Crippen molar-refractivity contribution in [1.29, 1.82) is 0 Å². The molecule has 0 heterocycles. The van der Waals surface area contributed by atoms with E-state index in [0.29, 0.717) is 5.56 Å². The Labute approximate surface area is 108 Å². The third-order valence-electron chi connectivity index (χ3n) is 2.17. The first-order chi connectivity index (χ1) is 9.04. The number of rotatable bonds is 6. The highest BCUT2D eigenvalue weighted by Gasteiger charge is 2.23. The Morgan fingerprint density at radius 2 is 2.00 bits per heavy atom. The summed E-state index contributed by atoms with van der Waals surface area (Å²) in [7, 11) is 1.11. The minimum absolute atomic E-state index is 0.317. The van der Waals surface area contributed by atoms with Gasteiger partial charge >= 0.3 is 5.97 Å². The minimum Gasteiger partial charge on any atom is -0.467 e. The van der Waals surface area contributed by atoms with Gasteiger partial charge in [-0.3, -0.25) is 4.79 Å². The molecule has 0 aliphatic carbocycles. The van der Waals surface area contributed by atoms with E-state index in [0.717, 1.165) is 7.11 Å². The van der Waals surface area contributed by atoms with Crippen LogP contribution in [0.5, 0.6) is 0 Å². The van der Waals surface area contributed by atoms with E-state index in [1.807, 2.05) is 0 Å². The van der Waals surface area contributed by atoms with Crippen molar-refractivity contribution in [2.75, 3.05) is 13.7 Å². The van der Waals surface area contributed by atoms with Crippen LogP contribution in [0.25, 0.3) is 0 Å². The molecule has 1 amide bonds. The number of amides is 1. The molecule has 0 fully saturated rings. The molecule has 19 heavy (non-hydrogen) atoms. The van der Waals surface area contributed by atoms with Crippen LogP contribution in [0.2, 0.25) is 0 Å². The zero-order chi connectivity index (χ0) is 14.3. The van der Waals surface area contributed by atoms with Gasteiger partial charge in [0.2, 0.25) is 0 Å². The summed E-state index contributed by atoms with van der Waals surface area (Å²) in [6.45, 7) is -0.613. The predicted molar refractivity (Wildman–Crippen MR) is 62.7 cm³/mol. The first-order valence-corrected chi connectivity index (χ1v) is 5.25. The zero-order valence-electron chi connectivity index (χ0n) is 10.1. The summed E-state index contributed by atoms with van der Waals surface area (Å²) in [4.78, 5) is 37.3. The zero-order valence-corrected chi connectivity index (χ0v) is 10.1. The van der Waals surface area contributed by atoms with Crippen molar-refractivity contribution in [1.82, 2.24) is 5.32 Å². The molecule has 1 aromatic rings. The molecule has 1 N–H and O–H groups in total. The largest absolute Gasteiger partial charge is 0.467 e. The molecule has 1 aromatic carbocycles. The third kappa shape index (κ3) is 4.62. The van der Waals surface area contributed by atoms with Crippen molar-refractivity contribution in [2.45, 2.75) is 6.04 Å². The number of methoxy groups -OCH3 is 1. The molecule has 8 nitrogen and oxygen atoms in total. The van der Waals surface area contributed by atoms with Crippen LogP contribution in [0.3, 0.4) is 0 Å². The Balaban J connectivity index is 2.69. The molecule has 8 heteroatoms. The summed E-state index contributed by atoms with van der Waals surface area (Å²) in [5, 5.41) is 11.3. The van der Waals surface area contributed by atoms with Crippen LogP contribution in [0.1, 0.15) is 10.4 Å². The van der Waals surface area contributed by atoms with Gasteiger partial charge in [0.05, 0.1) is 7.11 Å². The number of nitrogens with zero attached hydrogens (tertiary/aromatic N) is 1. The van der Waals surface area contributed by atoms with Crippen molar-refractivity contribution in [2.24, 2.45) is 0 Å². The summed E-state index contributed by atoms with van der Waals surface area (Å²) in [6, 6.07) is 6.86. The Kier molecular flexibility index (Phi) is 5.27. The lowest BCUT2D eigenvalue weighted by atomic mass is 10.2. The first kappa shape index (κ1) is 14.4. The van der Waals surface area contributed by atoms with E-state index in [2.05, 4.69) is 14.9 Å².